The zero-order valence-electron chi connectivity index (χ0n) is 13.9. The number of hydrogen-bond donors (Lipinski definition) is 1. The van der Waals surface area contributed by atoms with Crippen molar-refractivity contribution >= 4 is 42.8 Å². The Labute approximate surface area is 166 Å². The second-order valence-electron chi connectivity index (χ2n) is 5.84. The van der Waals surface area contributed by atoms with Crippen LogP contribution in [0.3, 0.4) is 0 Å². The molecule has 2 aromatic carbocycles. The van der Waals surface area contributed by atoms with E-state index in [0.717, 1.165) is 8.95 Å². The summed E-state index contributed by atoms with van der Waals surface area (Å²) in [5.41, 5.74) is 0.450. The first-order valence-electron chi connectivity index (χ1n) is 7.87. The molecule has 136 valence electrons. The van der Waals surface area contributed by atoms with E-state index >= 15 is 0 Å². The molecule has 26 heavy (non-hydrogen) atoms. The highest BCUT2D eigenvalue weighted by atomic mass is 79.9. The maximum absolute atomic E-state index is 12.9. The summed E-state index contributed by atoms with van der Waals surface area (Å²) >= 11 is 6.82. The quantitative estimate of drug-likeness (QED) is 0.572. The fraction of sp³-hybridized carbons (Fsp3) is 0.222. The highest BCUT2D eigenvalue weighted by Gasteiger charge is 2.10. The first-order chi connectivity index (χ1) is 12.4. The van der Waals surface area contributed by atoms with Gasteiger partial charge in [0.25, 0.3) is 5.56 Å². The number of nitrogens with zero attached hydrogens (tertiary/aromatic N) is 2. The van der Waals surface area contributed by atoms with Gasteiger partial charge in [-0.1, -0.05) is 15.9 Å². The highest BCUT2D eigenvalue weighted by molar-refractivity contribution is 9.11. The van der Waals surface area contributed by atoms with Crippen LogP contribution in [-0.4, -0.2) is 35.1 Å². The van der Waals surface area contributed by atoms with Gasteiger partial charge in [0.1, 0.15) is 24.0 Å². The fourth-order valence-electron chi connectivity index (χ4n) is 2.47. The van der Waals surface area contributed by atoms with E-state index in [-0.39, 0.29) is 11.4 Å². The van der Waals surface area contributed by atoms with Crippen LogP contribution in [0.15, 0.2) is 50.1 Å². The molecule has 5 nitrogen and oxygen atoms in total. The van der Waals surface area contributed by atoms with Crippen molar-refractivity contribution < 1.29 is 9.13 Å². The fourth-order valence-corrected chi connectivity index (χ4v) is 3.79. The predicted octanol–water partition coefficient (Wildman–Crippen LogP) is 4.10. The minimum Gasteiger partial charge on any atom is -0.492 e. The lowest BCUT2D eigenvalue weighted by atomic mass is 10.2. The maximum Gasteiger partial charge on any atom is 0.258 e. The number of halogens is 3. The molecule has 0 spiro atoms. The van der Waals surface area contributed by atoms with Crippen molar-refractivity contribution in [3.8, 4) is 5.75 Å². The third kappa shape index (κ3) is 4.69. The summed E-state index contributed by atoms with van der Waals surface area (Å²) in [6, 6.07) is 9.51. The molecule has 0 amide bonds. The van der Waals surface area contributed by atoms with Crippen molar-refractivity contribution in [1.29, 1.82) is 0 Å². The summed E-state index contributed by atoms with van der Waals surface area (Å²) in [5.74, 6) is 0.903. The van der Waals surface area contributed by atoms with Gasteiger partial charge in [0.05, 0.1) is 17.4 Å². The number of benzene rings is 2. The molecular weight excluding hydrogens is 469 g/mol. The Morgan fingerprint density at radius 2 is 1.96 bits per heavy atom. The molecule has 1 aromatic heterocycles. The van der Waals surface area contributed by atoms with E-state index in [4.69, 9.17) is 4.74 Å². The first kappa shape index (κ1) is 19.0. The molecule has 8 heteroatoms. The van der Waals surface area contributed by atoms with E-state index in [1.54, 1.807) is 18.2 Å². The van der Waals surface area contributed by atoms with E-state index in [1.807, 2.05) is 18.0 Å². The Morgan fingerprint density at radius 3 is 2.69 bits per heavy atom. The van der Waals surface area contributed by atoms with Gasteiger partial charge >= 0.3 is 0 Å². The van der Waals surface area contributed by atoms with E-state index < -0.39 is 0 Å². The van der Waals surface area contributed by atoms with Crippen molar-refractivity contribution in [2.24, 2.45) is 0 Å². The molecule has 0 bridgehead atoms. The normalized spacial score (nSPS) is 11.3. The minimum atomic E-state index is -0.293. The number of aromatic amines is 1. The number of hydrogen-bond acceptors (Lipinski definition) is 4. The largest absolute Gasteiger partial charge is 0.492 e. The van der Waals surface area contributed by atoms with Gasteiger partial charge in [-0.25, -0.2) is 9.37 Å². The lowest BCUT2D eigenvalue weighted by Gasteiger charge is -2.16. The summed E-state index contributed by atoms with van der Waals surface area (Å²) < 4.78 is 20.0. The molecule has 0 aliphatic rings. The van der Waals surface area contributed by atoms with Crippen LogP contribution in [0.25, 0.3) is 10.9 Å². The molecule has 0 aliphatic carbocycles. The van der Waals surface area contributed by atoms with Crippen LogP contribution < -0.4 is 10.3 Å². The number of nitrogens with one attached hydrogen (secondary N) is 1. The van der Waals surface area contributed by atoms with Gasteiger partial charge in [-0.05, 0) is 59.4 Å². The van der Waals surface area contributed by atoms with Crippen LogP contribution in [0.2, 0.25) is 0 Å². The number of aromatic nitrogens is 2. The second-order valence-corrected chi connectivity index (χ2v) is 7.61. The van der Waals surface area contributed by atoms with Gasteiger partial charge in [0.15, 0.2) is 0 Å². The number of ether oxygens (including phenoxy) is 1. The molecule has 0 unspecified atom stereocenters. The SMILES string of the molecule is CN(CCOc1ccc(F)cc1)Cc1nc2c(Br)cc(Br)cc2c(=O)[nH]1. The molecule has 0 saturated heterocycles. The van der Waals surface area contributed by atoms with E-state index in [1.165, 1.54) is 12.1 Å². The molecule has 3 aromatic rings. The van der Waals surface area contributed by atoms with Gasteiger partial charge in [-0.15, -0.1) is 0 Å². The number of fused-ring (bicyclic) bond motifs is 1. The number of rotatable bonds is 6. The van der Waals surface area contributed by atoms with E-state index in [0.29, 0.717) is 42.2 Å². The van der Waals surface area contributed by atoms with Crippen molar-refractivity contribution in [2.75, 3.05) is 20.2 Å². The average molecular weight is 485 g/mol. The zero-order chi connectivity index (χ0) is 18.7. The van der Waals surface area contributed by atoms with Gasteiger partial charge < -0.3 is 9.72 Å². The van der Waals surface area contributed by atoms with Crippen LogP contribution >= 0.6 is 31.9 Å². The first-order valence-corrected chi connectivity index (χ1v) is 9.46. The third-order valence-electron chi connectivity index (χ3n) is 3.75. The molecular formula is C18H16Br2FN3O2. The molecule has 0 atom stereocenters. The smallest absolute Gasteiger partial charge is 0.258 e. The van der Waals surface area contributed by atoms with E-state index in [2.05, 4.69) is 41.8 Å². The molecule has 0 aliphatic heterocycles. The van der Waals surface area contributed by atoms with Gasteiger partial charge in [0, 0.05) is 15.5 Å². The Kier molecular flexibility index (Phi) is 6.05. The Hall–Kier alpha value is -1.77. The predicted molar refractivity (Wildman–Crippen MR) is 106 cm³/mol. The monoisotopic (exact) mass is 483 g/mol. The average Bonchev–Trinajstić information content (AvgIpc) is 2.58. The minimum absolute atomic E-state index is 0.178. The topological polar surface area (TPSA) is 58.2 Å². The summed E-state index contributed by atoms with van der Waals surface area (Å²) in [5, 5.41) is 0.525. The zero-order valence-corrected chi connectivity index (χ0v) is 17.1. The van der Waals surface area contributed by atoms with Crippen molar-refractivity contribution in [1.82, 2.24) is 14.9 Å². The van der Waals surface area contributed by atoms with Crippen molar-refractivity contribution in [3.05, 3.63) is 67.3 Å². The summed E-state index contributed by atoms with van der Waals surface area (Å²) in [4.78, 5) is 21.7. The van der Waals surface area contributed by atoms with Gasteiger partial charge in [0.2, 0.25) is 0 Å². The number of H-pyrrole nitrogens is 1. The number of likely N-dealkylation sites (N-methyl/N-ethyl adjacent to an activating group) is 1. The Balaban J connectivity index is 1.64. The standard InChI is InChI=1S/C18H16Br2FN3O2/c1-24(6-7-26-13-4-2-12(21)3-5-13)10-16-22-17-14(18(25)23-16)8-11(19)9-15(17)20/h2-5,8-9H,6-7,10H2,1H3,(H,22,23,25). The van der Waals surface area contributed by atoms with Crippen LogP contribution in [0.4, 0.5) is 4.39 Å². The highest BCUT2D eigenvalue weighted by Crippen LogP contribution is 2.25. The van der Waals surface area contributed by atoms with Crippen LogP contribution in [0.1, 0.15) is 5.82 Å². The Morgan fingerprint density at radius 1 is 1.23 bits per heavy atom. The van der Waals surface area contributed by atoms with Crippen LogP contribution in [0, 0.1) is 5.82 Å². The molecule has 1 heterocycles. The third-order valence-corrected chi connectivity index (χ3v) is 4.81. The van der Waals surface area contributed by atoms with Crippen molar-refractivity contribution in [2.45, 2.75) is 6.54 Å². The van der Waals surface area contributed by atoms with E-state index in [9.17, 15) is 9.18 Å². The molecule has 0 saturated carbocycles. The van der Waals surface area contributed by atoms with Gasteiger partial charge in [-0.2, -0.15) is 0 Å². The Bertz CT molecular complexity index is 977. The molecule has 0 radical (unpaired) electrons. The van der Waals surface area contributed by atoms with Gasteiger partial charge in [-0.3, -0.25) is 9.69 Å². The maximum atomic E-state index is 12.9. The molecule has 1 N–H and O–H groups in total. The molecule has 3 rings (SSSR count). The second kappa shape index (κ2) is 8.28. The lowest BCUT2D eigenvalue weighted by Crippen LogP contribution is -2.26. The van der Waals surface area contributed by atoms with Crippen molar-refractivity contribution in [3.63, 3.8) is 0 Å². The summed E-state index contributed by atoms with van der Waals surface area (Å²) in [7, 11) is 1.91. The summed E-state index contributed by atoms with van der Waals surface area (Å²) in [6.07, 6.45) is 0. The molecule has 0 fully saturated rings. The van der Waals surface area contributed by atoms with Crippen LogP contribution in [0.5, 0.6) is 5.75 Å². The summed E-state index contributed by atoms with van der Waals surface area (Å²) in [6.45, 7) is 1.54. The lowest BCUT2D eigenvalue weighted by molar-refractivity contribution is 0.229. The van der Waals surface area contributed by atoms with Crippen LogP contribution in [-0.2, 0) is 6.54 Å².